The van der Waals surface area contributed by atoms with E-state index in [2.05, 4.69) is 31.9 Å². The fraction of sp³-hybridized carbons (Fsp3) is 0.400. The summed E-state index contributed by atoms with van der Waals surface area (Å²) in [7, 11) is 1.68. The molecule has 0 radical (unpaired) electrons. The van der Waals surface area contributed by atoms with Gasteiger partial charge in [-0.1, -0.05) is 17.7 Å². The highest BCUT2D eigenvalue weighted by Gasteiger charge is 2.07. The predicted octanol–water partition coefficient (Wildman–Crippen LogP) is 3.33. The maximum Gasteiger partial charge on any atom is 0.244 e. The molecule has 0 aliphatic heterocycles. The van der Waals surface area contributed by atoms with Crippen LogP contribution >= 0.6 is 11.6 Å². The Morgan fingerprint density at radius 1 is 1.27 bits per heavy atom. The second-order valence-electron chi connectivity index (χ2n) is 5.00. The number of aryl methyl sites for hydroxylation is 2. The van der Waals surface area contributed by atoms with Gasteiger partial charge in [0.1, 0.15) is 0 Å². The van der Waals surface area contributed by atoms with Gasteiger partial charge in [-0.2, -0.15) is 10.1 Å². The minimum absolute atomic E-state index is 0.474. The molecule has 0 aliphatic rings. The van der Waals surface area contributed by atoms with Crippen molar-refractivity contribution in [3.8, 4) is 0 Å². The van der Waals surface area contributed by atoms with Crippen molar-refractivity contribution in [3.63, 3.8) is 0 Å². The van der Waals surface area contributed by atoms with Crippen molar-refractivity contribution in [2.45, 2.75) is 20.3 Å². The Bertz CT molecular complexity index is 612. The molecule has 0 saturated heterocycles. The molecule has 0 fully saturated rings. The van der Waals surface area contributed by atoms with Crippen molar-refractivity contribution in [2.24, 2.45) is 0 Å². The lowest BCUT2D eigenvalue weighted by molar-refractivity contribution is 0.197. The first-order valence-electron chi connectivity index (χ1n) is 7.06. The summed E-state index contributed by atoms with van der Waals surface area (Å²) >= 11 is 6.29. The molecule has 22 heavy (non-hydrogen) atoms. The SMILES string of the molecule is COCCCNc1nncc(Nc2c(C)cc(C)cc2Cl)n1. The van der Waals surface area contributed by atoms with Crippen molar-refractivity contribution < 1.29 is 4.74 Å². The van der Waals surface area contributed by atoms with E-state index < -0.39 is 0 Å². The number of methoxy groups -OCH3 is 1. The number of anilines is 3. The maximum atomic E-state index is 6.29. The Balaban J connectivity index is 2.07. The van der Waals surface area contributed by atoms with Crippen LogP contribution < -0.4 is 10.6 Å². The Morgan fingerprint density at radius 2 is 2.09 bits per heavy atom. The van der Waals surface area contributed by atoms with Crippen LogP contribution in [0.25, 0.3) is 0 Å². The van der Waals surface area contributed by atoms with E-state index >= 15 is 0 Å². The van der Waals surface area contributed by atoms with E-state index in [1.165, 1.54) is 0 Å². The molecular weight excluding hydrogens is 302 g/mol. The third-order valence-electron chi connectivity index (χ3n) is 3.05. The molecular formula is C15H20ClN5O. The fourth-order valence-electron chi connectivity index (χ4n) is 2.06. The highest BCUT2D eigenvalue weighted by atomic mass is 35.5. The van der Waals surface area contributed by atoms with Crippen LogP contribution in [-0.4, -0.2) is 35.4 Å². The van der Waals surface area contributed by atoms with Crippen molar-refractivity contribution in [1.82, 2.24) is 15.2 Å². The number of hydrogen-bond acceptors (Lipinski definition) is 6. The van der Waals surface area contributed by atoms with Crippen LogP contribution in [0.2, 0.25) is 5.02 Å². The van der Waals surface area contributed by atoms with E-state index in [4.69, 9.17) is 16.3 Å². The molecule has 2 N–H and O–H groups in total. The van der Waals surface area contributed by atoms with Crippen LogP contribution in [0.4, 0.5) is 17.5 Å². The summed E-state index contributed by atoms with van der Waals surface area (Å²) in [6.45, 7) is 5.43. The molecule has 1 aromatic carbocycles. The second kappa shape index (κ2) is 7.91. The summed E-state index contributed by atoms with van der Waals surface area (Å²) in [6.07, 6.45) is 2.44. The molecule has 0 saturated carbocycles. The Morgan fingerprint density at radius 3 is 2.82 bits per heavy atom. The van der Waals surface area contributed by atoms with Gasteiger partial charge in [-0.15, -0.1) is 5.10 Å². The van der Waals surface area contributed by atoms with Gasteiger partial charge in [0.05, 0.1) is 16.9 Å². The van der Waals surface area contributed by atoms with Crippen LogP contribution in [0.3, 0.4) is 0 Å². The topological polar surface area (TPSA) is 72.0 Å². The van der Waals surface area contributed by atoms with Crippen molar-refractivity contribution >= 4 is 29.1 Å². The third kappa shape index (κ3) is 4.54. The largest absolute Gasteiger partial charge is 0.385 e. The standard InChI is InChI=1S/C15H20ClN5O/c1-10-7-11(2)14(12(16)8-10)19-13-9-18-21-15(20-13)17-5-4-6-22-3/h7-9H,4-6H2,1-3H3,(H2,17,19,20,21). The number of halogens is 1. The van der Waals surface area contributed by atoms with Gasteiger partial charge in [0, 0.05) is 20.3 Å². The van der Waals surface area contributed by atoms with Gasteiger partial charge in [0.2, 0.25) is 5.95 Å². The molecule has 7 heteroatoms. The monoisotopic (exact) mass is 321 g/mol. The minimum Gasteiger partial charge on any atom is -0.385 e. The molecule has 0 bridgehead atoms. The van der Waals surface area contributed by atoms with Gasteiger partial charge >= 0.3 is 0 Å². The van der Waals surface area contributed by atoms with E-state index in [9.17, 15) is 0 Å². The highest BCUT2D eigenvalue weighted by molar-refractivity contribution is 6.33. The Labute approximate surface area is 135 Å². The molecule has 0 unspecified atom stereocenters. The van der Waals surface area contributed by atoms with Crippen LogP contribution in [0.5, 0.6) is 0 Å². The number of ether oxygens (including phenoxy) is 1. The average Bonchev–Trinajstić information content (AvgIpc) is 2.48. The first kappa shape index (κ1) is 16.5. The number of rotatable bonds is 7. The minimum atomic E-state index is 0.474. The third-order valence-corrected chi connectivity index (χ3v) is 3.35. The lowest BCUT2D eigenvalue weighted by atomic mass is 10.1. The summed E-state index contributed by atoms with van der Waals surface area (Å²) < 4.78 is 5.00. The van der Waals surface area contributed by atoms with Gasteiger partial charge in [0.15, 0.2) is 5.82 Å². The first-order chi connectivity index (χ1) is 10.6. The number of nitrogens with zero attached hydrogens (tertiary/aromatic N) is 3. The van der Waals surface area contributed by atoms with E-state index in [0.29, 0.717) is 23.4 Å². The number of hydrogen-bond donors (Lipinski definition) is 2. The second-order valence-corrected chi connectivity index (χ2v) is 5.41. The average molecular weight is 322 g/mol. The summed E-state index contributed by atoms with van der Waals surface area (Å²) in [4.78, 5) is 4.38. The molecule has 2 rings (SSSR count). The number of nitrogens with one attached hydrogen (secondary N) is 2. The van der Waals surface area contributed by atoms with E-state index in [1.54, 1.807) is 13.3 Å². The predicted molar refractivity (Wildman–Crippen MR) is 89.0 cm³/mol. The van der Waals surface area contributed by atoms with Crippen molar-refractivity contribution in [2.75, 3.05) is 30.9 Å². The van der Waals surface area contributed by atoms with E-state index in [1.807, 2.05) is 19.9 Å². The van der Waals surface area contributed by atoms with Gasteiger partial charge in [-0.3, -0.25) is 0 Å². The maximum absolute atomic E-state index is 6.29. The molecule has 0 atom stereocenters. The molecule has 1 aromatic heterocycles. The Hall–Kier alpha value is -1.92. The zero-order valence-corrected chi connectivity index (χ0v) is 13.7. The quantitative estimate of drug-likeness (QED) is 0.762. The smallest absolute Gasteiger partial charge is 0.244 e. The van der Waals surface area contributed by atoms with Gasteiger partial charge in [-0.05, 0) is 37.5 Å². The van der Waals surface area contributed by atoms with Gasteiger partial charge in [0.25, 0.3) is 0 Å². The summed E-state index contributed by atoms with van der Waals surface area (Å²) in [5.74, 6) is 1.07. The zero-order chi connectivity index (χ0) is 15.9. The normalized spacial score (nSPS) is 10.5. The van der Waals surface area contributed by atoms with Crippen LogP contribution in [0.1, 0.15) is 17.5 Å². The molecule has 1 heterocycles. The number of benzene rings is 1. The summed E-state index contributed by atoms with van der Waals surface area (Å²) in [6, 6.07) is 3.97. The fourth-order valence-corrected chi connectivity index (χ4v) is 2.43. The van der Waals surface area contributed by atoms with Crippen LogP contribution in [0.15, 0.2) is 18.3 Å². The summed E-state index contributed by atoms with van der Waals surface area (Å²) in [5.41, 5.74) is 3.01. The van der Waals surface area contributed by atoms with Crippen molar-refractivity contribution in [1.29, 1.82) is 0 Å². The lowest BCUT2D eigenvalue weighted by Gasteiger charge is -2.12. The van der Waals surface area contributed by atoms with Crippen LogP contribution in [-0.2, 0) is 4.74 Å². The molecule has 118 valence electrons. The highest BCUT2D eigenvalue weighted by Crippen LogP contribution is 2.29. The van der Waals surface area contributed by atoms with Crippen LogP contribution in [0, 0.1) is 13.8 Å². The first-order valence-corrected chi connectivity index (χ1v) is 7.44. The van der Waals surface area contributed by atoms with Gasteiger partial charge < -0.3 is 15.4 Å². The molecule has 0 amide bonds. The molecule has 2 aromatic rings. The molecule has 6 nitrogen and oxygen atoms in total. The zero-order valence-electron chi connectivity index (χ0n) is 13.0. The van der Waals surface area contributed by atoms with Crippen molar-refractivity contribution in [3.05, 3.63) is 34.5 Å². The lowest BCUT2D eigenvalue weighted by Crippen LogP contribution is -2.09. The van der Waals surface area contributed by atoms with Gasteiger partial charge in [-0.25, -0.2) is 0 Å². The summed E-state index contributed by atoms with van der Waals surface area (Å²) in [5, 5.41) is 14.9. The molecule has 0 spiro atoms. The van der Waals surface area contributed by atoms with E-state index in [0.717, 1.165) is 29.8 Å². The molecule has 0 aliphatic carbocycles. The Kier molecular flexibility index (Phi) is 5.91. The number of aromatic nitrogens is 3. The van der Waals surface area contributed by atoms with E-state index in [-0.39, 0.29) is 0 Å².